The second kappa shape index (κ2) is 7.40. The fourth-order valence-electron chi connectivity index (χ4n) is 2.93. The number of benzene rings is 2. The zero-order valence-corrected chi connectivity index (χ0v) is 14.7. The van der Waals surface area contributed by atoms with Crippen molar-refractivity contribution in [2.24, 2.45) is 0 Å². The summed E-state index contributed by atoms with van der Waals surface area (Å²) in [5, 5.41) is 4.06. The largest absolute Gasteiger partial charge is 0.497 e. The molecule has 0 saturated carbocycles. The lowest BCUT2D eigenvalue weighted by Gasteiger charge is -2.25. The number of likely N-dealkylation sites (N-methyl/N-ethyl adjacent to an activating group) is 1. The van der Waals surface area contributed by atoms with E-state index in [1.807, 2.05) is 68.7 Å². The van der Waals surface area contributed by atoms with E-state index in [0.717, 1.165) is 22.2 Å². The number of H-pyrrole nitrogens is 1. The maximum absolute atomic E-state index is 12.5. The summed E-state index contributed by atoms with van der Waals surface area (Å²) >= 11 is 0. The minimum Gasteiger partial charge on any atom is -0.497 e. The molecule has 130 valence electrons. The molecule has 1 atom stereocenters. The third kappa shape index (κ3) is 3.83. The van der Waals surface area contributed by atoms with Crippen molar-refractivity contribution in [2.75, 3.05) is 27.7 Å². The van der Waals surface area contributed by atoms with Gasteiger partial charge in [0, 0.05) is 17.4 Å². The van der Waals surface area contributed by atoms with E-state index in [4.69, 9.17) is 4.74 Å². The summed E-state index contributed by atoms with van der Waals surface area (Å²) in [6.45, 7) is 0.508. The number of nitrogens with one attached hydrogen (secondary N) is 2. The Hall–Kier alpha value is -2.79. The molecule has 1 amide bonds. The molecule has 5 nitrogen and oxygen atoms in total. The smallest absolute Gasteiger partial charge is 0.267 e. The number of hydrogen-bond acceptors (Lipinski definition) is 3. The molecular weight excluding hydrogens is 314 g/mol. The fraction of sp³-hybridized carbons (Fsp3) is 0.250. The van der Waals surface area contributed by atoms with Crippen molar-refractivity contribution < 1.29 is 9.53 Å². The summed E-state index contributed by atoms with van der Waals surface area (Å²) in [4.78, 5) is 17.8. The first-order valence-corrected chi connectivity index (χ1v) is 8.25. The Bertz CT molecular complexity index is 837. The highest BCUT2D eigenvalue weighted by atomic mass is 16.5. The Morgan fingerprint density at radius 1 is 1.16 bits per heavy atom. The SMILES string of the molecule is COc1cccc(C(CNC(=O)c2cc3ccccc3[nH]2)N(C)C)c1. The Morgan fingerprint density at radius 2 is 1.96 bits per heavy atom. The molecule has 3 aromatic rings. The summed E-state index contributed by atoms with van der Waals surface area (Å²) in [6, 6.07) is 17.7. The Kier molecular flexibility index (Phi) is 5.05. The predicted molar refractivity (Wildman–Crippen MR) is 100 cm³/mol. The maximum Gasteiger partial charge on any atom is 0.267 e. The Balaban J connectivity index is 1.73. The number of methoxy groups -OCH3 is 1. The molecule has 0 saturated heterocycles. The summed E-state index contributed by atoms with van der Waals surface area (Å²) in [7, 11) is 5.65. The second-order valence-corrected chi connectivity index (χ2v) is 6.24. The zero-order chi connectivity index (χ0) is 17.8. The molecule has 1 unspecified atom stereocenters. The highest BCUT2D eigenvalue weighted by Gasteiger charge is 2.17. The van der Waals surface area contributed by atoms with Crippen LogP contribution in [0.5, 0.6) is 5.75 Å². The number of amides is 1. The third-order valence-electron chi connectivity index (χ3n) is 4.33. The van der Waals surface area contributed by atoms with Crippen LogP contribution in [0.4, 0.5) is 0 Å². The van der Waals surface area contributed by atoms with Crippen LogP contribution >= 0.6 is 0 Å². The minimum absolute atomic E-state index is 0.0587. The normalized spacial score (nSPS) is 12.3. The van der Waals surface area contributed by atoms with Gasteiger partial charge in [-0.3, -0.25) is 4.79 Å². The number of ether oxygens (including phenoxy) is 1. The van der Waals surface area contributed by atoms with Gasteiger partial charge in [0.15, 0.2) is 0 Å². The number of carbonyl (C=O) groups is 1. The van der Waals surface area contributed by atoms with Gasteiger partial charge in [-0.25, -0.2) is 0 Å². The lowest BCUT2D eigenvalue weighted by atomic mass is 10.1. The van der Waals surface area contributed by atoms with Gasteiger partial charge in [0.05, 0.1) is 13.2 Å². The van der Waals surface area contributed by atoms with Crippen molar-refractivity contribution in [1.29, 1.82) is 0 Å². The van der Waals surface area contributed by atoms with Crippen LogP contribution in [0.3, 0.4) is 0 Å². The number of rotatable bonds is 6. The lowest BCUT2D eigenvalue weighted by Crippen LogP contribution is -2.34. The summed E-state index contributed by atoms with van der Waals surface area (Å²) < 4.78 is 5.30. The topological polar surface area (TPSA) is 57.4 Å². The molecule has 3 rings (SSSR count). The summed E-state index contributed by atoms with van der Waals surface area (Å²) in [5.74, 6) is 0.706. The van der Waals surface area contributed by atoms with Crippen LogP contribution in [0, 0.1) is 0 Å². The molecule has 0 radical (unpaired) electrons. The van der Waals surface area contributed by atoms with Gasteiger partial charge >= 0.3 is 0 Å². The molecule has 1 heterocycles. The summed E-state index contributed by atoms with van der Waals surface area (Å²) in [5.41, 5.74) is 2.63. The molecule has 0 fully saturated rings. The standard InChI is InChI=1S/C20H23N3O2/c1-23(2)19(15-8-6-9-16(11-15)25-3)13-21-20(24)18-12-14-7-4-5-10-17(14)22-18/h4-12,19,22H,13H2,1-3H3,(H,21,24). The number of fused-ring (bicyclic) bond motifs is 1. The number of aromatic nitrogens is 1. The van der Waals surface area contributed by atoms with Crippen molar-refractivity contribution in [1.82, 2.24) is 15.2 Å². The highest BCUT2D eigenvalue weighted by Crippen LogP contribution is 2.22. The van der Waals surface area contributed by atoms with Crippen molar-refractivity contribution >= 4 is 16.8 Å². The van der Waals surface area contributed by atoms with Gasteiger partial charge in [-0.2, -0.15) is 0 Å². The van der Waals surface area contributed by atoms with Crippen molar-refractivity contribution in [3.63, 3.8) is 0 Å². The minimum atomic E-state index is -0.106. The van der Waals surface area contributed by atoms with Crippen LogP contribution < -0.4 is 10.1 Å². The van der Waals surface area contributed by atoms with Crippen molar-refractivity contribution in [2.45, 2.75) is 6.04 Å². The van der Waals surface area contributed by atoms with E-state index in [2.05, 4.69) is 15.2 Å². The second-order valence-electron chi connectivity index (χ2n) is 6.24. The van der Waals surface area contributed by atoms with E-state index in [1.54, 1.807) is 7.11 Å². The van der Waals surface area contributed by atoms with E-state index in [9.17, 15) is 4.79 Å². The zero-order valence-electron chi connectivity index (χ0n) is 14.7. The van der Waals surface area contributed by atoms with Gasteiger partial charge < -0.3 is 19.9 Å². The first kappa shape index (κ1) is 17.0. The van der Waals surface area contributed by atoms with Gasteiger partial charge in [0.2, 0.25) is 0 Å². The van der Waals surface area contributed by atoms with Crippen LogP contribution in [0.25, 0.3) is 10.9 Å². The van der Waals surface area contributed by atoms with E-state index in [0.29, 0.717) is 12.2 Å². The number of carbonyl (C=O) groups excluding carboxylic acids is 1. The van der Waals surface area contributed by atoms with E-state index in [-0.39, 0.29) is 11.9 Å². The third-order valence-corrected chi connectivity index (χ3v) is 4.33. The fourth-order valence-corrected chi connectivity index (χ4v) is 2.93. The molecule has 0 aliphatic carbocycles. The van der Waals surface area contributed by atoms with Gasteiger partial charge in [-0.15, -0.1) is 0 Å². The van der Waals surface area contributed by atoms with Gasteiger partial charge in [-0.1, -0.05) is 30.3 Å². The number of hydrogen-bond donors (Lipinski definition) is 2. The molecule has 0 aliphatic rings. The average molecular weight is 337 g/mol. The number of nitrogens with zero attached hydrogens (tertiary/aromatic N) is 1. The van der Waals surface area contributed by atoms with E-state index >= 15 is 0 Å². The molecule has 0 spiro atoms. The van der Waals surface area contributed by atoms with Gasteiger partial charge in [0.1, 0.15) is 11.4 Å². The highest BCUT2D eigenvalue weighted by molar-refractivity contribution is 5.97. The average Bonchev–Trinajstić information content (AvgIpc) is 3.06. The first-order valence-electron chi connectivity index (χ1n) is 8.25. The molecule has 2 N–H and O–H groups in total. The molecule has 0 aliphatic heterocycles. The van der Waals surface area contributed by atoms with Crippen LogP contribution in [0.2, 0.25) is 0 Å². The number of aromatic amines is 1. The Labute approximate surface area is 147 Å². The molecule has 2 aromatic carbocycles. The molecule has 5 heteroatoms. The molecule has 1 aromatic heterocycles. The number of para-hydroxylation sites is 1. The van der Waals surface area contributed by atoms with Crippen molar-refractivity contribution in [3.8, 4) is 5.75 Å². The van der Waals surface area contributed by atoms with Crippen LogP contribution in [-0.4, -0.2) is 43.5 Å². The summed E-state index contributed by atoms with van der Waals surface area (Å²) in [6.07, 6.45) is 0. The predicted octanol–water partition coefficient (Wildman–Crippen LogP) is 3.21. The monoisotopic (exact) mass is 337 g/mol. The van der Waals surface area contributed by atoms with Crippen LogP contribution in [0.15, 0.2) is 54.6 Å². The Morgan fingerprint density at radius 3 is 2.68 bits per heavy atom. The van der Waals surface area contributed by atoms with E-state index < -0.39 is 0 Å². The maximum atomic E-state index is 12.5. The lowest BCUT2D eigenvalue weighted by molar-refractivity contribution is 0.0937. The van der Waals surface area contributed by atoms with Gasteiger partial charge in [-0.05, 0) is 43.9 Å². The van der Waals surface area contributed by atoms with Crippen molar-refractivity contribution in [3.05, 3.63) is 65.9 Å². The van der Waals surface area contributed by atoms with E-state index in [1.165, 1.54) is 0 Å². The molecular formula is C20H23N3O2. The van der Waals surface area contributed by atoms with Crippen LogP contribution in [-0.2, 0) is 0 Å². The molecule has 25 heavy (non-hydrogen) atoms. The van der Waals surface area contributed by atoms with Gasteiger partial charge in [0.25, 0.3) is 5.91 Å². The quantitative estimate of drug-likeness (QED) is 0.726. The van der Waals surface area contributed by atoms with Crippen LogP contribution in [0.1, 0.15) is 22.1 Å². The first-order chi connectivity index (χ1) is 12.1. The molecule has 0 bridgehead atoms.